The van der Waals surface area contributed by atoms with Crippen molar-refractivity contribution < 1.29 is 5.11 Å². The highest BCUT2D eigenvalue weighted by Gasteiger charge is 2.30. The highest BCUT2D eigenvalue weighted by Crippen LogP contribution is 2.43. The highest BCUT2D eigenvalue weighted by molar-refractivity contribution is 5.24. The van der Waals surface area contributed by atoms with Gasteiger partial charge < -0.3 is 5.11 Å². The van der Waals surface area contributed by atoms with Gasteiger partial charge in [-0.15, -0.1) is 0 Å². The molecule has 0 amide bonds. The average Bonchev–Trinajstić information content (AvgIpc) is 2.56. The van der Waals surface area contributed by atoms with Crippen LogP contribution in [0.4, 0.5) is 0 Å². The van der Waals surface area contributed by atoms with Gasteiger partial charge in [-0.3, -0.25) is 0 Å². The summed E-state index contributed by atoms with van der Waals surface area (Å²) in [6, 6.07) is 9.20. The van der Waals surface area contributed by atoms with Crippen LogP contribution in [-0.4, -0.2) is 11.7 Å². The van der Waals surface area contributed by atoms with E-state index in [2.05, 4.69) is 31.2 Å². The largest absolute Gasteiger partial charge is 0.396 e. The van der Waals surface area contributed by atoms with Crippen molar-refractivity contribution in [1.82, 2.24) is 0 Å². The maximum Gasteiger partial charge on any atom is 0.0459 e. The van der Waals surface area contributed by atoms with E-state index in [1.807, 2.05) is 0 Å². The van der Waals surface area contributed by atoms with E-state index in [0.29, 0.717) is 12.5 Å². The number of hydrogen-bond donors (Lipinski definition) is 1. The summed E-state index contributed by atoms with van der Waals surface area (Å²) in [6.07, 6.45) is 10.9. The molecule has 0 saturated heterocycles. The van der Waals surface area contributed by atoms with E-state index < -0.39 is 0 Å². The minimum atomic E-state index is 0.410. The zero-order valence-corrected chi connectivity index (χ0v) is 13.4. The van der Waals surface area contributed by atoms with Crippen molar-refractivity contribution in [3.8, 4) is 0 Å². The second-order valence-corrected chi connectivity index (χ2v) is 7.49. The summed E-state index contributed by atoms with van der Waals surface area (Å²) in [5.74, 6) is 3.32. The van der Waals surface area contributed by atoms with Crippen LogP contribution < -0.4 is 0 Å². The van der Waals surface area contributed by atoms with Crippen LogP contribution in [0.2, 0.25) is 0 Å². The number of aliphatic hydroxyl groups is 1. The van der Waals surface area contributed by atoms with E-state index in [4.69, 9.17) is 0 Å². The Morgan fingerprint density at radius 2 is 1.33 bits per heavy atom. The molecule has 0 bridgehead atoms. The van der Waals surface area contributed by atoms with Crippen LogP contribution >= 0.6 is 0 Å². The smallest absolute Gasteiger partial charge is 0.0459 e. The number of aliphatic hydroxyl groups excluding tert-OH is 1. The summed E-state index contributed by atoms with van der Waals surface area (Å²) in [6.45, 7) is 2.58. The Balaban J connectivity index is 1.50. The molecule has 2 aliphatic carbocycles. The number of aryl methyl sites for hydroxylation is 1. The second kappa shape index (κ2) is 6.96. The Morgan fingerprint density at radius 1 is 0.810 bits per heavy atom. The van der Waals surface area contributed by atoms with Crippen molar-refractivity contribution in [2.75, 3.05) is 6.61 Å². The molecule has 0 aromatic heterocycles. The first-order valence-electron chi connectivity index (χ1n) is 8.93. The summed E-state index contributed by atoms with van der Waals surface area (Å²) >= 11 is 0. The van der Waals surface area contributed by atoms with Crippen LogP contribution in [0.1, 0.15) is 68.4 Å². The SMILES string of the molecule is Cc1ccc(C2CCC(C3CCC(CO)CC3)CC2)cc1. The third kappa shape index (κ3) is 3.69. The van der Waals surface area contributed by atoms with E-state index in [1.54, 1.807) is 5.56 Å². The van der Waals surface area contributed by atoms with Crippen LogP contribution in [0.25, 0.3) is 0 Å². The first-order chi connectivity index (χ1) is 10.3. The van der Waals surface area contributed by atoms with Crippen LogP contribution in [0.15, 0.2) is 24.3 Å². The van der Waals surface area contributed by atoms with Gasteiger partial charge in [0.15, 0.2) is 0 Å². The number of benzene rings is 1. The monoisotopic (exact) mass is 286 g/mol. The van der Waals surface area contributed by atoms with E-state index >= 15 is 0 Å². The lowest BCUT2D eigenvalue weighted by Gasteiger charge is -2.37. The van der Waals surface area contributed by atoms with Gasteiger partial charge in [-0.05, 0) is 87.5 Å². The minimum absolute atomic E-state index is 0.410. The molecule has 0 spiro atoms. The highest BCUT2D eigenvalue weighted by atomic mass is 16.3. The summed E-state index contributed by atoms with van der Waals surface area (Å²) in [5, 5.41) is 9.27. The maximum atomic E-state index is 9.27. The molecule has 0 atom stereocenters. The van der Waals surface area contributed by atoms with Crippen molar-refractivity contribution in [2.24, 2.45) is 17.8 Å². The Bertz CT molecular complexity index is 420. The molecule has 3 rings (SSSR count). The number of rotatable bonds is 3. The molecule has 2 fully saturated rings. The van der Waals surface area contributed by atoms with Crippen molar-refractivity contribution in [3.63, 3.8) is 0 Å². The van der Waals surface area contributed by atoms with Crippen LogP contribution in [0.5, 0.6) is 0 Å². The Labute approximate surface area is 129 Å². The molecule has 0 unspecified atom stereocenters. The minimum Gasteiger partial charge on any atom is -0.396 e. The lowest BCUT2D eigenvalue weighted by Crippen LogP contribution is -2.26. The molecule has 0 radical (unpaired) electrons. The van der Waals surface area contributed by atoms with E-state index in [1.165, 1.54) is 56.9 Å². The molecule has 0 aliphatic heterocycles. The molecule has 2 saturated carbocycles. The molecular formula is C20H30O. The van der Waals surface area contributed by atoms with Crippen LogP contribution in [-0.2, 0) is 0 Å². The Kier molecular flexibility index (Phi) is 5.00. The second-order valence-electron chi connectivity index (χ2n) is 7.49. The zero-order valence-electron chi connectivity index (χ0n) is 13.4. The van der Waals surface area contributed by atoms with Gasteiger partial charge >= 0.3 is 0 Å². The number of hydrogen-bond acceptors (Lipinski definition) is 1. The maximum absolute atomic E-state index is 9.27. The van der Waals surface area contributed by atoms with Gasteiger partial charge in [-0.1, -0.05) is 29.8 Å². The fourth-order valence-electron chi connectivity index (χ4n) is 4.60. The first kappa shape index (κ1) is 15.1. The van der Waals surface area contributed by atoms with Crippen molar-refractivity contribution in [2.45, 2.75) is 64.2 Å². The lowest BCUT2D eigenvalue weighted by molar-refractivity contribution is 0.124. The van der Waals surface area contributed by atoms with Gasteiger partial charge in [0.05, 0.1) is 0 Å². The van der Waals surface area contributed by atoms with Gasteiger partial charge in [-0.2, -0.15) is 0 Å². The third-order valence-corrected chi connectivity index (χ3v) is 6.14. The summed E-state index contributed by atoms with van der Waals surface area (Å²) in [4.78, 5) is 0. The molecule has 21 heavy (non-hydrogen) atoms. The van der Waals surface area contributed by atoms with Crippen molar-refractivity contribution >= 4 is 0 Å². The van der Waals surface area contributed by atoms with Gasteiger partial charge in [-0.25, -0.2) is 0 Å². The average molecular weight is 286 g/mol. The van der Waals surface area contributed by atoms with Gasteiger partial charge in [0.2, 0.25) is 0 Å². The standard InChI is InChI=1S/C20H30O/c1-15-2-6-17(7-3-15)19-10-12-20(13-11-19)18-8-4-16(14-21)5-9-18/h2-3,6-7,16,18-21H,4-5,8-14H2,1H3. The molecule has 1 aromatic rings. The van der Waals surface area contributed by atoms with Crippen LogP contribution in [0.3, 0.4) is 0 Å². The molecule has 1 nitrogen and oxygen atoms in total. The van der Waals surface area contributed by atoms with E-state index in [-0.39, 0.29) is 0 Å². The molecule has 2 aliphatic rings. The third-order valence-electron chi connectivity index (χ3n) is 6.14. The van der Waals surface area contributed by atoms with Crippen LogP contribution in [0, 0.1) is 24.7 Å². The van der Waals surface area contributed by atoms with Gasteiger partial charge in [0, 0.05) is 6.61 Å². The molecule has 1 N–H and O–H groups in total. The van der Waals surface area contributed by atoms with Gasteiger partial charge in [0.1, 0.15) is 0 Å². The predicted octanol–water partition coefficient (Wildman–Crippen LogP) is 5.07. The molecule has 1 heteroatoms. The van der Waals surface area contributed by atoms with Crippen molar-refractivity contribution in [1.29, 1.82) is 0 Å². The fraction of sp³-hybridized carbons (Fsp3) is 0.700. The Morgan fingerprint density at radius 3 is 1.86 bits per heavy atom. The molecule has 1 aromatic carbocycles. The lowest BCUT2D eigenvalue weighted by atomic mass is 9.68. The van der Waals surface area contributed by atoms with Crippen molar-refractivity contribution in [3.05, 3.63) is 35.4 Å². The predicted molar refractivity (Wildman–Crippen MR) is 88.4 cm³/mol. The fourth-order valence-corrected chi connectivity index (χ4v) is 4.60. The summed E-state index contributed by atoms with van der Waals surface area (Å²) in [7, 11) is 0. The first-order valence-corrected chi connectivity index (χ1v) is 8.93. The molecular weight excluding hydrogens is 256 g/mol. The summed E-state index contributed by atoms with van der Waals surface area (Å²) in [5.41, 5.74) is 2.93. The summed E-state index contributed by atoms with van der Waals surface area (Å²) < 4.78 is 0. The quantitative estimate of drug-likeness (QED) is 0.822. The molecule has 0 heterocycles. The molecule has 116 valence electrons. The Hall–Kier alpha value is -0.820. The van der Waals surface area contributed by atoms with E-state index in [9.17, 15) is 5.11 Å². The zero-order chi connectivity index (χ0) is 14.7. The van der Waals surface area contributed by atoms with Gasteiger partial charge in [0.25, 0.3) is 0 Å². The van der Waals surface area contributed by atoms with E-state index in [0.717, 1.165) is 17.8 Å². The topological polar surface area (TPSA) is 20.2 Å². The normalized spacial score (nSPS) is 33.8.